The van der Waals surface area contributed by atoms with E-state index in [9.17, 15) is 14.4 Å². The first kappa shape index (κ1) is 19.8. The van der Waals surface area contributed by atoms with Crippen molar-refractivity contribution in [2.45, 2.75) is 26.4 Å². The topological polar surface area (TPSA) is 101 Å². The first-order chi connectivity index (χ1) is 14.4. The average molecular weight is 424 g/mol. The van der Waals surface area contributed by atoms with Gasteiger partial charge >= 0.3 is 0 Å². The third-order valence-corrected chi connectivity index (χ3v) is 5.57. The van der Waals surface area contributed by atoms with Crippen molar-refractivity contribution in [3.05, 3.63) is 42.5 Å². The molecule has 4 rings (SSSR count). The quantitative estimate of drug-likeness (QED) is 0.654. The summed E-state index contributed by atoms with van der Waals surface area (Å²) in [6.07, 6.45) is -0.282. The molecule has 9 heteroatoms. The number of amides is 3. The molecule has 1 aromatic heterocycles. The average Bonchev–Trinajstić information content (AvgIpc) is 3.12. The summed E-state index contributed by atoms with van der Waals surface area (Å²) in [4.78, 5) is 42.6. The van der Waals surface area contributed by atoms with Crippen LogP contribution < -0.4 is 20.3 Å². The van der Waals surface area contributed by atoms with E-state index in [1.165, 1.54) is 16.2 Å². The zero-order valence-electron chi connectivity index (χ0n) is 16.5. The van der Waals surface area contributed by atoms with Crippen molar-refractivity contribution >= 4 is 55.8 Å². The summed E-state index contributed by atoms with van der Waals surface area (Å²) in [6, 6.07) is 12.5. The molecule has 2 N–H and O–H groups in total. The normalized spacial score (nSPS) is 15.5. The van der Waals surface area contributed by atoms with E-state index in [1.807, 2.05) is 12.1 Å². The molecule has 0 saturated heterocycles. The van der Waals surface area contributed by atoms with Gasteiger partial charge < -0.3 is 15.4 Å². The summed E-state index contributed by atoms with van der Waals surface area (Å²) in [5.74, 6) is -0.133. The van der Waals surface area contributed by atoms with Gasteiger partial charge in [0.2, 0.25) is 11.8 Å². The second kappa shape index (κ2) is 8.11. The van der Waals surface area contributed by atoms with Crippen molar-refractivity contribution in [3.63, 3.8) is 0 Å². The van der Waals surface area contributed by atoms with Crippen LogP contribution in [-0.4, -0.2) is 35.4 Å². The zero-order chi connectivity index (χ0) is 21.3. The number of aromatic nitrogens is 1. The number of carbonyl (C=O) groups is 3. The van der Waals surface area contributed by atoms with Crippen molar-refractivity contribution in [3.8, 4) is 5.75 Å². The highest BCUT2D eigenvalue weighted by atomic mass is 32.1. The van der Waals surface area contributed by atoms with Gasteiger partial charge in [0.05, 0.1) is 15.9 Å². The van der Waals surface area contributed by atoms with Gasteiger partial charge in [-0.2, -0.15) is 0 Å². The lowest BCUT2D eigenvalue weighted by molar-refractivity contribution is -0.127. The summed E-state index contributed by atoms with van der Waals surface area (Å²) in [5, 5.41) is 6.07. The molecule has 8 nitrogen and oxygen atoms in total. The predicted octanol–water partition coefficient (Wildman–Crippen LogP) is 3.40. The second-order valence-corrected chi connectivity index (χ2v) is 7.83. The van der Waals surface area contributed by atoms with E-state index < -0.39 is 6.10 Å². The van der Waals surface area contributed by atoms with E-state index in [2.05, 4.69) is 15.6 Å². The van der Waals surface area contributed by atoms with E-state index in [0.29, 0.717) is 34.2 Å². The number of rotatable bonds is 5. The molecule has 0 radical (unpaired) electrons. The Morgan fingerprint density at radius 3 is 2.77 bits per heavy atom. The predicted molar refractivity (Wildman–Crippen MR) is 116 cm³/mol. The molecule has 3 aromatic rings. The molecule has 0 spiro atoms. The fraction of sp³-hybridized carbons (Fsp3) is 0.238. The van der Waals surface area contributed by atoms with Gasteiger partial charge in [-0.25, -0.2) is 4.98 Å². The van der Waals surface area contributed by atoms with Gasteiger partial charge in [-0.3, -0.25) is 19.3 Å². The molecular formula is C21H20N4O4S. The SMILES string of the molecule is CCC(=O)Nc1nc2cc(NC(=O)CN3C(=O)[C@H](C)Oc4ccccc43)ccc2s1. The van der Waals surface area contributed by atoms with E-state index in [0.717, 1.165) is 4.70 Å². The zero-order valence-corrected chi connectivity index (χ0v) is 17.3. The van der Waals surface area contributed by atoms with Crippen LogP contribution in [-0.2, 0) is 14.4 Å². The van der Waals surface area contributed by atoms with E-state index in [1.54, 1.807) is 44.2 Å². The molecule has 1 aliphatic rings. The van der Waals surface area contributed by atoms with Gasteiger partial charge in [0.15, 0.2) is 11.2 Å². The molecule has 0 aliphatic carbocycles. The molecule has 1 atom stereocenters. The highest BCUT2D eigenvalue weighted by molar-refractivity contribution is 7.22. The number of benzene rings is 2. The van der Waals surface area contributed by atoms with Crippen LogP contribution in [0.1, 0.15) is 20.3 Å². The second-order valence-electron chi connectivity index (χ2n) is 6.80. The Balaban J connectivity index is 1.49. The molecule has 30 heavy (non-hydrogen) atoms. The Morgan fingerprint density at radius 1 is 1.17 bits per heavy atom. The van der Waals surface area contributed by atoms with Gasteiger partial charge in [0.1, 0.15) is 12.3 Å². The Labute approximate surface area is 176 Å². The Kier molecular flexibility index (Phi) is 5.37. The van der Waals surface area contributed by atoms with Crippen molar-refractivity contribution in [2.24, 2.45) is 0 Å². The largest absolute Gasteiger partial charge is 0.479 e. The minimum absolute atomic E-state index is 0.104. The van der Waals surface area contributed by atoms with E-state index in [4.69, 9.17) is 4.74 Å². The van der Waals surface area contributed by atoms with Crippen molar-refractivity contribution < 1.29 is 19.1 Å². The third-order valence-electron chi connectivity index (χ3n) is 4.61. The molecule has 2 aromatic carbocycles. The number of fused-ring (bicyclic) bond motifs is 2. The van der Waals surface area contributed by atoms with Crippen LogP contribution in [0.5, 0.6) is 5.75 Å². The number of nitrogens with one attached hydrogen (secondary N) is 2. The molecular weight excluding hydrogens is 404 g/mol. The first-order valence-corrected chi connectivity index (χ1v) is 10.3. The van der Waals surface area contributed by atoms with E-state index in [-0.39, 0.29) is 24.3 Å². The van der Waals surface area contributed by atoms with Gasteiger partial charge in [-0.1, -0.05) is 30.4 Å². The standard InChI is InChI=1S/C21H20N4O4S/c1-3-18(26)24-21-23-14-10-13(8-9-17(14)30-21)22-19(27)11-25-15-6-4-5-7-16(15)29-12(2)20(25)28/h4-10,12H,3,11H2,1-2H3,(H,22,27)(H,23,24,26)/t12-/m0/s1. The Morgan fingerprint density at radius 2 is 1.97 bits per heavy atom. The van der Waals surface area contributed by atoms with Crippen molar-refractivity contribution in [2.75, 3.05) is 22.1 Å². The van der Waals surface area contributed by atoms with E-state index >= 15 is 0 Å². The lowest BCUT2D eigenvalue weighted by Gasteiger charge is -2.32. The summed E-state index contributed by atoms with van der Waals surface area (Å²) in [5.41, 5.74) is 1.81. The maximum absolute atomic E-state index is 12.6. The summed E-state index contributed by atoms with van der Waals surface area (Å²) < 4.78 is 6.49. The van der Waals surface area contributed by atoms with Crippen LogP contribution in [0.2, 0.25) is 0 Å². The Hall–Kier alpha value is -3.46. The lowest BCUT2D eigenvalue weighted by Crippen LogP contribution is -2.47. The van der Waals surface area contributed by atoms with Crippen molar-refractivity contribution in [1.82, 2.24) is 4.98 Å². The minimum atomic E-state index is -0.657. The summed E-state index contributed by atoms with van der Waals surface area (Å²) in [6.45, 7) is 3.30. The number of nitrogens with zero attached hydrogens (tertiary/aromatic N) is 2. The fourth-order valence-corrected chi connectivity index (χ4v) is 3.99. The fourth-order valence-electron chi connectivity index (χ4n) is 3.13. The highest BCUT2D eigenvalue weighted by Crippen LogP contribution is 2.33. The Bertz CT molecular complexity index is 1140. The molecule has 1 aliphatic heterocycles. The maximum Gasteiger partial charge on any atom is 0.268 e. The number of carbonyl (C=O) groups excluding carboxylic acids is 3. The number of thiazole rings is 1. The van der Waals surface area contributed by atoms with Gasteiger partial charge in [0, 0.05) is 12.1 Å². The van der Waals surface area contributed by atoms with Crippen LogP contribution in [0, 0.1) is 0 Å². The summed E-state index contributed by atoms with van der Waals surface area (Å²) in [7, 11) is 0. The van der Waals surface area contributed by atoms with Gasteiger partial charge in [0.25, 0.3) is 5.91 Å². The number of hydrogen-bond donors (Lipinski definition) is 2. The number of para-hydroxylation sites is 2. The highest BCUT2D eigenvalue weighted by Gasteiger charge is 2.32. The summed E-state index contributed by atoms with van der Waals surface area (Å²) >= 11 is 1.37. The van der Waals surface area contributed by atoms with Gasteiger partial charge in [-0.05, 0) is 37.3 Å². The smallest absolute Gasteiger partial charge is 0.268 e. The van der Waals surface area contributed by atoms with Crippen LogP contribution >= 0.6 is 11.3 Å². The number of hydrogen-bond acceptors (Lipinski definition) is 6. The maximum atomic E-state index is 12.6. The number of anilines is 3. The van der Waals surface area contributed by atoms with Crippen LogP contribution in [0.15, 0.2) is 42.5 Å². The van der Waals surface area contributed by atoms with Crippen LogP contribution in [0.3, 0.4) is 0 Å². The molecule has 0 fully saturated rings. The molecule has 154 valence electrons. The molecule has 3 amide bonds. The monoisotopic (exact) mass is 424 g/mol. The first-order valence-electron chi connectivity index (χ1n) is 9.52. The van der Waals surface area contributed by atoms with Crippen LogP contribution in [0.4, 0.5) is 16.5 Å². The number of ether oxygens (including phenoxy) is 1. The van der Waals surface area contributed by atoms with Gasteiger partial charge in [-0.15, -0.1) is 0 Å². The minimum Gasteiger partial charge on any atom is -0.479 e. The van der Waals surface area contributed by atoms with Crippen LogP contribution in [0.25, 0.3) is 10.2 Å². The molecule has 0 unspecified atom stereocenters. The molecule has 0 saturated carbocycles. The lowest BCUT2D eigenvalue weighted by atomic mass is 10.2. The van der Waals surface area contributed by atoms with Crippen molar-refractivity contribution in [1.29, 1.82) is 0 Å². The molecule has 0 bridgehead atoms. The third kappa shape index (κ3) is 3.97. The molecule has 2 heterocycles.